The van der Waals surface area contributed by atoms with Crippen molar-refractivity contribution in [1.29, 1.82) is 0 Å². The molecule has 0 N–H and O–H groups in total. The van der Waals surface area contributed by atoms with E-state index in [1.54, 1.807) is 0 Å². The molecule has 2 nitrogen and oxygen atoms in total. The van der Waals surface area contributed by atoms with Gasteiger partial charge in [0.2, 0.25) is 0 Å². The van der Waals surface area contributed by atoms with E-state index in [1.165, 1.54) is 12.0 Å². The lowest BCUT2D eigenvalue weighted by Crippen LogP contribution is -2.29. The maximum Gasteiger partial charge on any atom is 0.333 e. The molecule has 0 fully saturated rings. The maximum atomic E-state index is 11.7. The molecule has 1 aliphatic rings. The zero-order chi connectivity index (χ0) is 13.8. The third-order valence-corrected chi connectivity index (χ3v) is 4.24. The lowest BCUT2D eigenvalue weighted by Gasteiger charge is -2.39. The molecule has 0 amide bonds. The number of esters is 1. The van der Waals surface area contributed by atoms with Crippen molar-refractivity contribution in [2.75, 3.05) is 6.61 Å². The minimum absolute atomic E-state index is 0.186. The quantitative estimate of drug-likeness (QED) is 0.423. The van der Waals surface area contributed by atoms with Gasteiger partial charge in [-0.2, -0.15) is 0 Å². The highest BCUT2D eigenvalue weighted by molar-refractivity contribution is 5.87. The monoisotopic (exact) mass is 250 g/mol. The van der Waals surface area contributed by atoms with Crippen molar-refractivity contribution >= 4 is 5.97 Å². The Labute approximate surface area is 111 Å². The Bertz CT molecular complexity index is 365. The molecule has 0 aromatic heterocycles. The van der Waals surface area contributed by atoms with Crippen LogP contribution in [0.3, 0.4) is 0 Å². The van der Waals surface area contributed by atoms with E-state index < -0.39 is 0 Å². The van der Waals surface area contributed by atoms with Crippen LogP contribution < -0.4 is 0 Å². The fraction of sp³-hybridized carbons (Fsp3) is 0.688. The highest BCUT2D eigenvalue weighted by atomic mass is 16.5. The first-order chi connectivity index (χ1) is 8.44. The second kappa shape index (κ2) is 6.21. The molecule has 18 heavy (non-hydrogen) atoms. The Kier molecular flexibility index (Phi) is 5.18. The Hall–Kier alpha value is -1.05. The van der Waals surface area contributed by atoms with E-state index in [2.05, 4.69) is 32.9 Å². The Balaban J connectivity index is 2.97. The van der Waals surface area contributed by atoms with Gasteiger partial charge in [0.25, 0.3) is 0 Å². The van der Waals surface area contributed by atoms with E-state index >= 15 is 0 Å². The van der Waals surface area contributed by atoms with Crippen molar-refractivity contribution in [3.05, 3.63) is 23.3 Å². The van der Waals surface area contributed by atoms with Crippen LogP contribution in [-0.2, 0) is 9.53 Å². The molecular formula is C16H26O2. The van der Waals surface area contributed by atoms with Gasteiger partial charge in [-0.25, -0.2) is 4.79 Å². The number of allylic oxidation sites excluding steroid dienone is 3. The summed E-state index contributed by atoms with van der Waals surface area (Å²) in [6.07, 6.45) is 7.88. The molecular weight excluding hydrogens is 224 g/mol. The van der Waals surface area contributed by atoms with Crippen molar-refractivity contribution in [1.82, 2.24) is 0 Å². The highest BCUT2D eigenvalue weighted by Gasteiger charge is 2.34. The van der Waals surface area contributed by atoms with E-state index in [9.17, 15) is 4.79 Å². The molecule has 0 heterocycles. The van der Waals surface area contributed by atoms with Crippen molar-refractivity contribution < 1.29 is 9.53 Å². The predicted molar refractivity (Wildman–Crippen MR) is 75.3 cm³/mol. The third-order valence-electron chi connectivity index (χ3n) is 4.24. The van der Waals surface area contributed by atoms with Gasteiger partial charge in [0, 0.05) is 11.5 Å². The smallest absolute Gasteiger partial charge is 0.333 e. The van der Waals surface area contributed by atoms with Gasteiger partial charge in [-0.05, 0) is 45.4 Å². The number of hydrogen-bond acceptors (Lipinski definition) is 2. The standard InChI is InChI=1S/C16H26O2/c1-6-16(5)10-8-9-12(3)14(16)11-13(4)15(17)18-7-2/h9,11,14H,6-8,10H2,1-5H3/b13-11+. The van der Waals surface area contributed by atoms with E-state index in [1.807, 2.05) is 13.8 Å². The average Bonchev–Trinajstić information content (AvgIpc) is 2.34. The normalized spacial score (nSPS) is 28.8. The summed E-state index contributed by atoms with van der Waals surface area (Å²) >= 11 is 0. The molecule has 0 spiro atoms. The summed E-state index contributed by atoms with van der Waals surface area (Å²) in [5.41, 5.74) is 2.39. The second-order valence-corrected chi connectivity index (χ2v) is 5.54. The molecule has 2 heteroatoms. The topological polar surface area (TPSA) is 26.3 Å². The molecule has 0 saturated heterocycles. The van der Waals surface area contributed by atoms with Gasteiger partial charge in [-0.3, -0.25) is 0 Å². The molecule has 0 saturated carbocycles. The summed E-state index contributed by atoms with van der Waals surface area (Å²) in [6, 6.07) is 0. The van der Waals surface area contributed by atoms with Crippen LogP contribution in [0.15, 0.2) is 23.3 Å². The summed E-state index contributed by atoms with van der Waals surface area (Å²) in [5, 5.41) is 0. The van der Waals surface area contributed by atoms with Gasteiger partial charge in [-0.15, -0.1) is 0 Å². The van der Waals surface area contributed by atoms with Gasteiger partial charge in [0.05, 0.1) is 6.61 Å². The molecule has 0 aliphatic heterocycles. The van der Waals surface area contributed by atoms with Crippen LogP contribution in [0.25, 0.3) is 0 Å². The summed E-state index contributed by atoms with van der Waals surface area (Å²) in [7, 11) is 0. The summed E-state index contributed by atoms with van der Waals surface area (Å²) in [6.45, 7) is 10.9. The third kappa shape index (κ3) is 3.24. The van der Waals surface area contributed by atoms with Gasteiger partial charge >= 0.3 is 5.97 Å². The van der Waals surface area contributed by atoms with Crippen molar-refractivity contribution in [2.45, 2.75) is 53.9 Å². The molecule has 2 atom stereocenters. The molecule has 0 aromatic carbocycles. The number of carbonyl (C=O) groups is 1. The maximum absolute atomic E-state index is 11.7. The van der Waals surface area contributed by atoms with Gasteiger partial charge < -0.3 is 4.74 Å². The molecule has 0 bridgehead atoms. The molecule has 1 rings (SSSR count). The summed E-state index contributed by atoms with van der Waals surface area (Å²) in [4.78, 5) is 11.7. The lowest BCUT2D eigenvalue weighted by molar-refractivity contribution is -0.138. The zero-order valence-electron chi connectivity index (χ0n) is 12.4. The lowest BCUT2D eigenvalue weighted by atomic mass is 9.65. The van der Waals surface area contributed by atoms with Gasteiger partial charge in [0.15, 0.2) is 0 Å². The zero-order valence-corrected chi connectivity index (χ0v) is 12.4. The second-order valence-electron chi connectivity index (χ2n) is 5.54. The van der Waals surface area contributed by atoms with Crippen molar-refractivity contribution in [2.24, 2.45) is 11.3 Å². The molecule has 2 unspecified atom stereocenters. The largest absolute Gasteiger partial charge is 0.463 e. The fourth-order valence-electron chi connectivity index (χ4n) is 2.75. The number of carbonyl (C=O) groups excluding carboxylic acids is 1. The summed E-state index contributed by atoms with van der Waals surface area (Å²) in [5.74, 6) is 0.176. The highest BCUT2D eigenvalue weighted by Crippen LogP contribution is 2.44. The first-order valence-corrected chi connectivity index (χ1v) is 6.96. The number of ether oxygens (including phenoxy) is 1. The van der Waals surface area contributed by atoms with Crippen molar-refractivity contribution in [3.63, 3.8) is 0 Å². The van der Waals surface area contributed by atoms with Crippen LogP contribution in [0.1, 0.15) is 53.9 Å². The fourth-order valence-corrected chi connectivity index (χ4v) is 2.75. The van der Waals surface area contributed by atoms with Crippen LogP contribution in [0.2, 0.25) is 0 Å². The first-order valence-electron chi connectivity index (χ1n) is 6.96. The molecule has 0 aromatic rings. The van der Waals surface area contributed by atoms with Gasteiger partial charge in [0.1, 0.15) is 0 Å². The van der Waals surface area contributed by atoms with Crippen LogP contribution in [0.4, 0.5) is 0 Å². The number of hydrogen-bond donors (Lipinski definition) is 0. The predicted octanol–water partition coefficient (Wildman–Crippen LogP) is 4.27. The Morgan fingerprint density at radius 1 is 1.56 bits per heavy atom. The SMILES string of the molecule is CCOC(=O)/C(C)=C/C1C(C)=CCCC1(C)CC. The molecule has 0 radical (unpaired) electrons. The van der Waals surface area contributed by atoms with Crippen LogP contribution >= 0.6 is 0 Å². The summed E-state index contributed by atoms with van der Waals surface area (Å²) < 4.78 is 5.06. The van der Waals surface area contributed by atoms with E-state index in [0.29, 0.717) is 12.5 Å². The van der Waals surface area contributed by atoms with E-state index in [4.69, 9.17) is 4.74 Å². The average molecular weight is 250 g/mol. The van der Waals surface area contributed by atoms with Gasteiger partial charge in [-0.1, -0.05) is 31.6 Å². The Morgan fingerprint density at radius 3 is 2.78 bits per heavy atom. The van der Waals surface area contributed by atoms with E-state index in [0.717, 1.165) is 18.4 Å². The number of rotatable bonds is 4. The minimum atomic E-state index is -0.186. The van der Waals surface area contributed by atoms with Crippen LogP contribution in [0.5, 0.6) is 0 Å². The van der Waals surface area contributed by atoms with Crippen LogP contribution in [0, 0.1) is 11.3 Å². The molecule has 1 aliphatic carbocycles. The Morgan fingerprint density at radius 2 is 2.22 bits per heavy atom. The van der Waals surface area contributed by atoms with Crippen LogP contribution in [-0.4, -0.2) is 12.6 Å². The first kappa shape index (κ1) is 15.0. The minimum Gasteiger partial charge on any atom is -0.463 e. The van der Waals surface area contributed by atoms with Crippen molar-refractivity contribution in [3.8, 4) is 0 Å². The molecule has 102 valence electrons. The van der Waals surface area contributed by atoms with E-state index in [-0.39, 0.29) is 11.4 Å².